The van der Waals surface area contributed by atoms with E-state index in [1.54, 1.807) is 18.2 Å². The van der Waals surface area contributed by atoms with Crippen molar-refractivity contribution in [3.8, 4) is 0 Å². The minimum atomic E-state index is -0.319. The first kappa shape index (κ1) is 10.3. The van der Waals surface area contributed by atoms with E-state index in [4.69, 9.17) is 16.7 Å². The van der Waals surface area contributed by atoms with Gasteiger partial charge in [-0.1, -0.05) is 27.5 Å². The zero-order valence-electron chi connectivity index (χ0n) is 6.50. The molecule has 1 rings (SSSR count). The van der Waals surface area contributed by atoms with Crippen molar-refractivity contribution in [2.24, 2.45) is 0 Å². The van der Waals surface area contributed by atoms with Gasteiger partial charge in [-0.2, -0.15) is 0 Å². The smallest absolute Gasteiger partial charge is 0.190 e. The average Bonchev–Trinajstić information content (AvgIpc) is 2.04. The molecule has 0 radical (unpaired) electrons. The van der Waals surface area contributed by atoms with Crippen LogP contribution in [-0.4, -0.2) is 10.9 Å². The summed E-state index contributed by atoms with van der Waals surface area (Å²) in [4.78, 5) is 11.2. The van der Waals surface area contributed by atoms with Crippen molar-refractivity contribution in [1.29, 1.82) is 0 Å². The van der Waals surface area contributed by atoms with Crippen molar-refractivity contribution in [3.05, 3.63) is 45.6 Å². The molecule has 1 N–H and O–H groups in total. The summed E-state index contributed by atoms with van der Waals surface area (Å²) in [6, 6.07) is 4.93. The maximum Gasteiger partial charge on any atom is 0.190 e. The van der Waals surface area contributed by atoms with Gasteiger partial charge in [0.2, 0.25) is 0 Å². The minimum Gasteiger partial charge on any atom is -0.515 e. The highest BCUT2D eigenvalue weighted by atomic mass is 79.9. The molecule has 0 bridgehead atoms. The molecule has 0 aliphatic heterocycles. The van der Waals surface area contributed by atoms with E-state index in [9.17, 15) is 4.79 Å². The molecule has 1 aromatic rings. The standard InChI is InChI=1S/C9H6BrClO2/c10-6-1-2-7(8(11)5-6)9(13)3-4-12/h1-5,12H/b4-3+. The Morgan fingerprint density at radius 2 is 2.23 bits per heavy atom. The number of ketones is 1. The van der Waals surface area contributed by atoms with Gasteiger partial charge in [0.05, 0.1) is 11.3 Å². The number of benzene rings is 1. The van der Waals surface area contributed by atoms with Crippen LogP contribution in [0.3, 0.4) is 0 Å². The number of hydrogen-bond acceptors (Lipinski definition) is 2. The molecular weight excluding hydrogens is 255 g/mol. The van der Waals surface area contributed by atoms with Gasteiger partial charge in [0.15, 0.2) is 5.78 Å². The quantitative estimate of drug-likeness (QED) is 0.503. The van der Waals surface area contributed by atoms with E-state index in [2.05, 4.69) is 15.9 Å². The molecule has 0 spiro atoms. The normalized spacial score (nSPS) is 10.6. The number of aliphatic hydroxyl groups excluding tert-OH is 1. The van der Waals surface area contributed by atoms with E-state index in [1.165, 1.54) is 0 Å². The first-order chi connectivity index (χ1) is 6.15. The fraction of sp³-hybridized carbons (Fsp3) is 0. The summed E-state index contributed by atoms with van der Waals surface area (Å²) in [6.45, 7) is 0. The maximum absolute atomic E-state index is 11.2. The lowest BCUT2D eigenvalue weighted by atomic mass is 10.1. The molecule has 13 heavy (non-hydrogen) atoms. The fourth-order valence-corrected chi connectivity index (χ4v) is 1.61. The van der Waals surface area contributed by atoms with E-state index in [0.717, 1.165) is 10.5 Å². The molecule has 4 heteroatoms. The van der Waals surface area contributed by atoms with Crippen LogP contribution >= 0.6 is 27.5 Å². The Labute approximate surface area is 89.0 Å². The molecule has 68 valence electrons. The molecular formula is C9H6BrClO2. The SMILES string of the molecule is O=C(/C=C/O)c1ccc(Br)cc1Cl. The highest BCUT2D eigenvalue weighted by Crippen LogP contribution is 2.21. The van der Waals surface area contributed by atoms with E-state index in [1.807, 2.05) is 0 Å². The van der Waals surface area contributed by atoms with Gasteiger partial charge >= 0.3 is 0 Å². The van der Waals surface area contributed by atoms with Crippen molar-refractivity contribution in [2.75, 3.05) is 0 Å². The van der Waals surface area contributed by atoms with Gasteiger partial charge in [-0.3, -0.25) is 4.79 Å². The van der Waals surface area contributed by atoms with E-state index < -0.39 is 0 Å². The van der Waals surface area contributed by atoms with Crippen molar-refractivity contribution >= 4 is 33.3 Å². The summed E-state index contributed by atoms with van der Waals surface area (Å²) >= 11 is 9.01. The third kappa shape index (κ3) is 2.57. The third-order valence-electron chi connectivity index (χ3n) is 1.42. The van der Waals surface area contributed by atoms with Crippen LogP contribution in [0.5, 0.6) is 0 Å². The lowest BCUT2D eigenvalue weighted by Gasteiger charge is -1.99. The number of rotatable bonds is 2. The number of hydrogen-bond donors (Lipinski definition) is 1. The molecule has 0 amide bonds. The number of carbonyl (C=O) groups is 1. The Kier molecular flexibility index (Phi) is 3.51. The average molecular weight is 262 g/mol. The molecule has 0 heterocycles. The third-order valence-corrected chi connectivity index (χ3v) is 2.23. The van der Waals surface area contributed by atoms with Crippen LogP contribution in [0, 0.1) is 0 Å². The molecule has 0 saturated heterocycles. The molecule has 0 unspecified atom stereocenters. The van der Waals surface area contributed by atoms with Crippen LogP contribution in [0.4, 0.5) is 0 Å². The Morgan fingerprint density at radius 1 is 1.54 bits per heavy atom. The Morgan fingerprint density at radius 3 is 2.77 bits per heavy atom. The van der Waals surface area contributed by atoms with Gasteiger partial charge in [0, 0.05) is 16.1 Å². The molecule has 1 aromatic carbocycles. The molecule has 0 saturated carbocycles. The van der Waals surface area contributed by atoms with Gasteiger partial charge in [-0.05, 0) is 18.2 Å². The summed E-state index contributed by atoms with van der Waals surface area (Å²) in [6.07, 6.45) is 1.75. The second-order valence-corrected chi connectivity index (χ2v) is 3.63. The van der Waals surface area contributed by atoms with E-state index >= 15 is 0 Å². The van der Waals surface area contributed by atoms with Crippen LogP contribution in [0.1, 0.15) is 10.4 Å². The Balaban J connectivity index is 3.09. The number of halogens is 2. The molecule has 0 aliphatic rings. The second kappa shape index (κ2) is 4.44. The summed E-state index contributed by atoms with van der Waals surface area (Å²) in [5.74, 6) is -0.319. The topological polar surface area (TPSA) is 37.3 Å². The van der Waals surface area contributed by atoms with Gasteiger partial charge < -0.3 is 5.11 Å². The van der Waals surface area contributed by atoms with Gasteiger partial charge in [0.25, 0.3) is 0 Å². The molecule has 0 aromatic heterocycles. The summed E-state index contributed by atoms with van der Waals surface area (Å²) in [5, 5.41) is 8.75. The van der Waals surface area contributed by atoms with Gasteiger partial charge in [-0.25, -0.2) is 0 Å². The second-order valence-electron chi connectivity index (χ2n) is 2.30. The molecule has 0 fully saturated rings. The summed E-state index contributed by atoms with van der Waals surface area (Å²) in [7, 11) is 0. The minimum absolute atomic E-state index is 0.319. The first-order valence-electron chi connectivity index (χ1n) is 3.45. The van der Waals surface area contributed by atoms with Crippen LogP contribution in [-0.2, 0) is 0 Å². The first-order valence-corrected chi connectivity index (χ1v) is 4.62. The number of allylic oxidation sites excluding steroid dienone is 1. The molecule has 0 atom stereocenters. The van der Waals surface area contributed by atoms with Crippen LogP contribution in [0.25, 0.3) is 0 Å². The van der Waals surface area contributed by atoms with Crippen LogP contribution in [0.2, 0.25) is 5.02 Å². The molecule has 2 nitrogen and oxygen atoms in total. The Hall–Kier alpha value is -0.800. The maximum atomic E-state index is 11.2. The molecule has 0 aliphatic carbocycles. The van der Waals surface area contributed by atoms with Crippen molar-refractivity contribution in [1.82, 2.24) is 0 Å². The predicted molar refractivity (Wildman–Crippen MR) is 55.3 cm³/mol. The van der Waals surface area contributed by atoms with Gasteiger partial charge in [-0.15, -0.1) is 0 Å². The largest absolute Gasteiger partial charge is 0.515 e. The van der Waals surface area contributed by atoms with Crippen molar-refractivity contribution < 1.29 is 9.90 Å². The van der Waals surface area contributed by atoms with Crippen molar-refractivity contribution in [3.63, 3.8) is 0 Å². The van der Waals surface area contributed by atoms with Crippen LogP contribution in [0.15, 0.2) is 35.0 Å². The zero-order valence-corrected chi connectivity index (χ0v) is 8.84. The predicted octanol–water partition coefficient (Wildman–Crippen LogP) is 3.36. The highest BCUT2D eigenvalue weighted by Gasteiger charge is 2.06. The summed E-state index contributed by atoms with van der Waals surface area (Å²) < 4.78 is 0.807. The van der Waals surface area contributed by atoms with Crippen LogP contribution < -0.4 is 0 Å². The lowest BCUT2D eigenvalue weighted by molar-refractivity contribution is 0.104. The zero-order chi connectivity index (χ0) is 9.84. The highest BCUT2D eigenvalue weighted by molar-refractivity contribution is 9.10. The monoisotopic (exact) mass is 260 g/mol. The van der Waals surface area contributed by atoms with Crippen molar-refractivity contribution in [2.45, 2.75) is 0 Å². The summed E-state index contributed by atoms with van der Waals surface area (Å²) in [5.41, 5.74) is 0.371. The Bertz CT molecular complexity index is 361. The number of carbonyl (C=O) groups excluding carboxylic acids is 1. The fourth-order valence-electron chi connectivity index (χ4n) is 0.847. The lowest BCUT2D eigenvalue weighted by Crippen LogP contribution is -1.94. The van der Waals surface area contributed by atoms with Gasteiger partial charge in [0.1, 0.15) is 0 Å². The number of aliphatic hydroxyl groups is 1. The van der Waals surface area contributed by atoms with E-state index in [0.29, 0.717) is 16.8 Å². The van der Waals surface area contributed by atoms with E-state index in [-0.39, 0.29) is 5.78 Å².